The third-order valence-corrected chi connectivity index (χ3v) is 3.16. The van der Waals surface area contributed by atoms with E-state index in [1.807, 2.05) is 11.6 Å². The molecule has 0 aromatic carbocycles. The normalized spacial score (nSPS) is 17.2. The second kappa shape index (κ2) is 4.36. The molecule has 0 atom stereocenters. The highest BCUT2D eigenvalue weighted by Crippen LogP contribution is 2.32. The number of anilines is 1. The van der Waals surface area contributed by atoms with Crippen LogP contribution >= 0.6 is 0 Å². The molecule has 4 heteroatoms. The van der Waals surface area contributed by atoms with Gasteiger partial charge >= 0.3 is 0 Å². The van der Waals surface area contributed by atoms with Crippen molar-refractivity contribution >= 4 is 5.69 Å². The summed E-state index contributed by atoms with van der Waals surface area (Å²) in [5, 5.41) is 4.42. The maximum absolute atomic E-state index is 6.01. The van der Waals surface area contributed by atoms with Crippen LogP contribution in [0.5, 0.6) is 5.88 Å². The highest BCUT2D eigenvalue weighted by Gasteiger charge is 2.22. The van der Waals surface area contributed by atoms with Crippen LogP contribution in [0.25, 0.3) is 0 Å². The zero-order valence-corrected chi connectivity index (χ0v) is 10.4. The van der Waals surface area contributed by atoms with Crippen molar-refractivity contribution in [1.29, 1.82) is 0 Å². The zero-order valence-electron chi connectivity index (χ0n) is 10.4. The van der Waals surface area contributed by atoms with Gasteiger partial charge in [0.2, 0.25) is 5.88 Å². The molecule has 0 unspecified atom stereocenters. The van der Waals surface area contributed by atoms with Crippen molar-refractivity contribution in [1.82, 2.24) is 9.78 Å². The number of nitrogen functional groups attached to an aromatic ring is 1. The zero-order chi connectivity index (χ0) is 11.7. The van der Waals surface area contributed by atoms with Gasteiger partial charge in [-0.2, -0.15) is 5.10 Å². The molecule has 1 aliphatic rings. The lowest BCUT2D eigenvalue weighted by Gasteiger charge is -2.16. The number of hydrogen-bond acceptors (Lipinski definition) is 3. The van der Waals surface area contributed by atoms with Crippen LogP contribution in [0.3, 0.4) is 0 Å². The Kier molecular flexibility index (Phi) is 3.08. The van der Waals surface area contributed by atoms with Crippen molar-refractivity contribution in [3.05, 3.63) is 5.69 Å². The van der Waals surface area contributed by atoms with Crippen LogP contribution in [0.2, 0.25) is 0 Å². The molecule has 0 spiro atoms. The van der Waals surface area contributed by atoms with E-state index in [0.29, 0.717) is 11.8 Å². The van der Waals surface area contributed by atoms with E-state index in [-0.39, 0.29) is 6.04 Å². The second-order valence-electron chi connectivity index (χ2n) is 4.87. The fourth-order valence-corrected chi connectivity index (χ4v) is 2.17. The van der Waals surface area contributed by atoms with E-state index in [2.05, 4.69) is 18.9 Å². The molecular formula is C12H21N3O. The average Bonchev–Trinajstić information content (AvgIpc) is 2.81. The van der Waals surface area contributed by atoms with Gasteiger partial charge in [0.1, 0.15) is 11.8 Å². The number of ether oxygens (including phenoxy) is 1. The highest BCUT2D eigenvalue weighted by atomic mass is 16.5. The van der Waals surface area contributed by atoms with Crippen molar-refractivity contribution in [2.75, 3.05) is 5.73 Å². The predicted molar refractivity (Wildman–Crippen MR) is 64.6 cm³/mol. The Morgan fingerprint density at radius 3 is 2.56 bits per heavy atom. The first-order valence-electron chi connectivity index (χ1n) is 6.11. The largest absolute Gasteiger partial charge is 0.473 e. The lowest BCUT2D eigenvalue weighted by molar-refractivity contribution is 0.186. The molecule has 1 aliphatic carbocycles. The number of nitrogens with zero attached hydrogens (tertiary/aromatic N) is 2. The van der Waals surface area contributed by atoms with Gasteiger partial charge in [0.15, 0.2) is 0 Å². The molecule has 4 nitrogen and oxygen atoms in total. The van der Waals surface area contributed by atoms with Crippen LogP contribution in [0.4, 0.5) is 5.69 Å². The minimum atomic E-state index is 0.285. The summed E-state index contributed by atoms with van der Waals surface area (Å²) >= 11 is 0. The van der Waals surface area contributed by atoms with E-state index in [0.717, 1.165) is 24.4 Å². The van der Waals surface area contributed by atoms with Gasteiger partial charge in [0, 0.05) is 0 Å². The third-order valence-electron chi connectivity index (χ3n) is 3.16. The van der Waals surface area contributed by atoms with Gasteiger partial charge in [-0.25, -0.2) is 4.68 Å². The summed E-state index contributed by atoms with van der Waals surface area (Å²) in [4.78, 5) is 0. The van der Waals surface area contributed by atoms with Gasteiger partial charge in [-0.15, -0.1) is 0 Å². The molecule has 90 valence electrons. The molecule has 1 aromatic heterocycles. The SMILES string of the molecule is Cc1nn(C(C)C)c(OC2CCCC2)c1N. The summed E-state index contributed by atoms with van der Waals surface area (Å²) in [6, 6.07) is 0.285. The Balaban J connectivity index is 2.23. The number of rotatable bonds is 3. The summed E-state index contributed by atoms with van der Waals surface area (Å²) < 4.78 is 7.89. The van der Waals surface area contributed by atoms with E-state index in [4.69, 9.17) is 10.5 Å². The summed E-state index contributed by atoms with van der Waals surface area (Å²) in [6.07, 6.45) is 5.14. The minimum absolute atomic E-state index is 0.285. The molecule has 2 rings (SSSR count). The van der Waals surface area contributed by atoms with Gasteiger partial charge < -0.3 is 10.5 Å². The molecule has 0 bridgehead atoms. The van der Waals surface area contributed by atoms with Crippen LogP contribution in [-0.4, -0.2) is 15.9 Å². The monoisotopic (exact) mass is 223 g/mol. The maximum atomic E-state index is 6.01. The number of aryl methyl sites for hydroxylation is 1. The van der Waals surface area contributed by atoms with Crippen LogP contribution in [0, 0.1) is 6.92 Å². The van der Waals surface area contributed by atoms with E-state index >= 15 is 0 Å². The molecule has 16 heavy (non-hydrogen) atoms. The Hall–Kier alpha value is -1.19. The van der Waals surface area contributed by atoms with Crippen LogP contribution in [0.1, 0.15) is 51.3 Å². The Morgan fingerprint density at radius 2 is 2.00 bits per heavy atom. The standard InChI is InChI=1S/C12H21N3O/c1-8(2)15-12(11(13)9(3)14-15)16-10-6-4-5-7-10/h8,10H,4-7,13H2,1-3H3. The van der Waals surface area contributed by atoms with Gasteiger partial charge in [0.25, 0.3) is 0 Å². The smallest absolute Gasteiger partial charge is 0.236 e. The quantitative estimate of drug-likeness (QED) is 0.857. The van der Waals surface area contributed by atoms with Crippen LogP contribution in [-0.2, 0) is 0 Å². The molecule has 1 fully saturated rings. The van der Waals surface area contributed by atoms with Crippen molar-refractivity contribution in [2.45, 2.75) is 58.6 Å². The molecule has 1 heterocycles. The molecular weight excluding hydrogens is 202 g/mol. The molecule has 1 aromatic rings. The first-order chi connectivity index (χ1) is 7.59. The summed E-state index contributed by atoms with van der Waals surface area (Å²) in [7, 11) is 0. The van der Waals surface area contributed by atoms with Gasteiger partial charge in [-0.1, -0.05) is 0 Å². The Morgan fingerprint density at radius 1 is 1.38 bits per heavy atom. The average molecular weight is 223 g/mol. The first kappa shape index (κ1) is 11.3. The van der Waals surface area contributed by atoms with Crippen LogP contribution in [0.15, 0.2) is 0 Å². The van der Waals surface area contributed by atoms with Gasteiger partial charge in [-0.3, -0.25) is 0 Å². The molecule has 0 aliphatic heterocycles. The molecule has 0 radical (unpaired) electrons. The van der Waals surface area contributed by atoms with Crippen molar-refractivity contribution < 1.29 is 4.74 Å². The Bertz CT molecular complexity index is 365. The fraction of sp³-hybridized carbons (Fsp3) is 0.750. The van der Waals surface area contributed by atoms with E-state index in [1.54, 1.807) is 0 Å². The molecule has 1 saturated carbocycles. The molecule has 0 saturated heterocycles. The predicted octanol–water partition coefficient (Wildman–Crippen LogP) is 2.68. The van der Waals surface area contributed by atoms with E-state index in [9.17, 15) is 0 Å². The van der Waals surface area contributed by atoms with Crippen molar-refractivity contribution in [3.8, 4) is 5.88 Å². The first-order valence-corrected chi connectivity index (χ1v) is 6.11. The lowest BCUT2D eigenvalue weighted by atomic mass is 10.3. The fourth-order valence-electron chi connectivity index (χ4n) is 2.17. The lowest BCUT2D eigenvalue weighted by Crippen LogP contribution is -2.16. The highest BCUT2D eigenvalue weighted by molar-refractivity contribution is 5.52. The summed E-state index contributed by atoms with van der Waals surface area (Å²) in [6.45, 7) is 6.11. The molecule has 0 amide bonds. The van der Waals surface area contributed by atoms with Gasteiger partial charge in [-0.05, 0) is 46.5 Å². The van der Waals surface area contributed by atoms with E-state index < -0.39 is 0 Å². The van der Waals surface area contributed by atoms with E-state index in [1.165, 1.54) is 12.8 Å². The molecule has 2 N–H and O–H groups in total. The second-order valence-corrected chi connectivity index (χ2v) is 4.87. The summed E-state index contributed by atoms with van der Waals surface area (Å²) in [5.41, 5.74) is 7.57. The Labute approximate surface area is 96.8 Å². The van der Waals surface area contributed by atoms with Crippen LogP contribution < -0.4 is 10.5 Å². The number of nitrogens with two attached hydrogens (primary N) is 1. The topological polar surface area (TPSA) is 53.1 Å². The summed E-state index contributed by atoms with van der Waals surface area (Å²) in [5.74, 6) is 0.763. The maximum Gasteiger partial charge on any atom is 0.236 e. The number of hydrogen-bond donors (Lipinski definition) is 1. The minimum Gasteiger partial charge on any atom is -0.473 e. The van der Waals surface area contributed by atoms with Gasteiger partial charge in [0.05, 0.1) is 11.7 Å². The van der Waals surface area contributed by atoms with Crippen molar-refractivity contribution in [3.63, 3.8) is 0 Å². The third kappa shape index (κ3) is 2.01. The number of aromatic nitrogens is 2. The van der Waals surface area contributed by atoms with Crippen molar-refractivity contribution in [2.24, 2.45) is 0 Å².